The second-order valence-corrected chi connectivity index (χ2v) is 1.88. The topological polar surface area (TPSA) is 12.9 Å². The van der Waals surface area contributed by atoms with E-state index in [4.69, 9.17) is 0 Å². The van der Waals surface area contributed by atoms with E-state index < -0.39 is 0 Å². The third-order valence-corrected chi connectivity index (χ3v) is 0.971. The normalized spacial score (nSPS) is 8.22. The van der Waals surface area contributed by atoms with Crippen LogP contribution in [-0.4, -0.2) is 4.98 Å². The zero-order chi connectivity index (χ0) is 5.98. The average molecular weight is 195 g/mol. The van der Waals surface area contributed by atoms with E-state index in [1.165, 1.54) is 0 Å². The second-order valence-electron chi connectivity index (χ2n) is 1.88. The summed E-state index contributed by atoms with van der Waals surface area (Å²) in [5.74, 6) is 0. The van der Waals surface area contributed by atoms with Gasteiger partial charge in [-0.15, -0.1) is 6.92 Å². The van der Waals surface area contributed by atoms with Crippen LogP contribution in [0, 0.1) is 19.9 Å². The first kappa shape index (κ1) is 9.25. The zero-order valence-electron chi connectivity index (χ0n) is 5.68. The van der Waals surface area contributed by atoms with Gasteiger partial charge in [-0.3, -0.25) is 0 Å². The molecule has 0 saturated heterocycles. The van der Waals surface area contributed by atoms with E-state index in [2.05, 4.69) is 11.1 Å². The minimum atomic E-state index is 0. The fourth-order valence-electron chi connectivity index (χ4n) is 0.491. The number of aromatic nitrogens is 1. The summed E-state index contributed by atoms with van der Waals surface area (Å²) in [6, 6.07) is 4.92. The SMILES string of the molecule is Cc1c[c-]c(C)nc1.[Y]. The molecule has 0 aromatic carbocycles. The zero-order valence-corrected chi connectivity index (χ0v) is 8.52. The molecule has 0 aliphatic heterocycles. The third-order valence-electron chi connectivity index (χ3n) is 0.971. The summed E-state index contributed by atoms with van der Waals surface area (Å²) in [5.41, 5.74) is 2.12. The Morgan fingerprint density at radius 1 is 1.44 bits per heavy atom. The van der Waals surface area contributed by atoms with Crippen LogP contribution in [0.2, 0.25) is 0 Å². The number of nitrogens with zero attached hydrogens (tertiary/aromatic N) is 1. The largest absolute Gasteiger partial charge is 0.301 e. The van der Waals surface area contributed by atoms with Crippen molar-refractivity contribution < 1.29 is 32.7 Å². The van der Waals surface area contributed by atoms with Crippen molar-refractivity contribution in [2.24, 2.45) is 0 Å². The van der Waals surface area contributed by atoms with Gasteiger partial charge >= 0.3 is 0 Å². The Balaban J connectivity index is 0.000000640. The van der Waals surface area contributed by atoms with Gasteiger partial charge < -0.3 is 4.98 Å². The van der Waals surface area contributed by atoms with Crippen molar-refractivity contribution in [1.82, 2.24) is 4.98 Å². The first-order valence-electron chi connectivity index (χ1n) is 2.60. The molecule has 1 nitrogen and oxygen atoms in total. The summed E-state index contributed by atoms with van der Waals surface area (Å²) >= 11 is 0. The van der Waals surface area contributed by atoms with Crippen LogP contribution in [0.15, 0.2) is 12.3 Å². The quantitative estimate of drug-likeness (QED) is 0.571. The monoisotopic (exact) mass is 195 g/mol. The summed E-state index contributed by atoms with van der Waals surface area (Å²) in [6.45, 7) is 3.93. The summed E-state index contributed by atoms with van der Waals surface area (Å²) < 4.78 is 0. The second kappa shape index (κ2) is 4.13. The summed E-state index contributed by atoms with van der Waals surface area (Å²) in [4.78, 5) is 4.02. The first-order chi connectivity index (χ1) is 3.79. The van der Waals surface area contributed by atoms with Crippen LogP contribution in [0.25, 0.3) is 0 Å². The Morgan fingerprint density at radius 3 is 2.44 bits per heavy atom. The molecule has 0 spiro atoms. The van der Waals surface area contributed by atoms with E-state index in [9.17, 15) is 0 Å². The molecule has 0 aliphatic carbocycles. The molecule has 0 N–H and O–H groups in total. The number of rotatable bonds is 0. The summed E-state index contributed by atoms with van der Waals surface area (Å²) in [7, 11) is 0. The van der Waals surface area contributed by atoms with E-state index >= 15 is 0 Å². The van der Waals surface area contributed by atoms with Crippen molar-refractivity contribution in [3.05, 3.63) is 29.6 Å². The molecule has 45 valence electrons. The van der Waals surface area contributed by atoms with Gasteiger partial charge in [0.25, 0.3) is 0 Å². The van der Waals surface area contributed by atoms with Crippen LogP contribution in [0.5, 0.6) is 0 Å². The van der Waals surface area contributed by atoms with Gasteiger partial charge in [-0.05, 0) is 6.92 Å². The molecule has 1 heterocycles. The summed E-state index contributed by atoms with van der Waals surface area (Å²) in [5, 5.41) is 0. The molecule has 9 heavy (non-hydrogen) atoms. The van der Waals surface area contributed by atoms with Gasteiger partial charge in [-0.1, -0.05) is 11.9 Å². The van der Waals surface area contributed by atoms with Crippen molar-refractivity contribution in [2.45, 2.75) is 13.8 Å². The molecule has 0 aliphatic rings. The van der Waals surface area contributed by atoms with Gasteiger partial charge in [0.15, 0.2) is 0 Å². The van der Waals surface area contributed by atoms with Crippen LogP contribution in [0.4, 0.5) is 0 Å². The van der Waals surface area contributed by atoms with Crippen molar-refractivity contribution >= 4 is 0 Å². The molecule has 0 fully saturated rings. The molecule has 0 atom stereocenters. The third kappa shape index (κ3) is 3.07. The number of hydrogen-bond acceptors (Lipinski definition) is 1. The Morgan fingerprint density at radius 2 is 2.11 bits per heavy atom. The molecule has 1 aromatic heterocycles. The molecule has 0 unspecified atom stereocenters. The number of hydrogen-bond donors (Lipinski definition) is 0. The molecule has 1 rings (SSSR count). The number of pyridine rings is 1. The Bertz CT molecular complexity index is 148. The molecule has 1 aromatic rings. The first-order valence-corrected chi connectivity index (χ1v) is 2.60. The summed E-state index contributed by atoms with van der Waals surface area (Å²) in [6.07, 6.45) is 1.84. The number of aryl methyl sites for hydroxylation is 2. The van der Waals surface area contributed by atoms with Gasteiger partial charge in [0, 0.05) is 32.7 Å². The average Bonchev–Trinajstić information content (AvgIpc) is 1.77. The van der Waals surface area contributed by atoms with Crippen molar-refractivity contribution in [2.75, 3.05) is 0 Å². The molecular weight excluding hydrogens is 187 g/mol. The van der Waals surface area contributed by atoms with Crippen LogP contribution >= 0.6 is 0 Å². The Labute approximate surface area is 80.8 Å². The fourth-order valence-corrected chi connectivity index (χ4v) is 0.491. The maximum atomic E-state index is 4.02. The maximum Gasteiger partial charge on any atom is 0 e. The van der Waals surface area contributed by atoms with Crippen molar-refractivity contribution in [3.63, 3.8) is 0 Å². The molecule has 0 amide bonds. The molecular formula is C7H8NY-. The minimum Gasteiger partial charge on any atom is -0.301 e. The fraction of sp³-hybridized carbons (Fsp3) is 0.286. The molecule has 0 bridgehead atoms. The molecule has 0 saturated carbocycles. The minimum absolute atomic E-state index is 0. The molecule has 2 heteroatoms. The van der Waals surface area contributed by atoms with E-state index in [0.717, 1.165) is 11.3 Å². The van der Waals surface area contributed by atoms with Crippen molar-refractivity contribution in [3.8, 4) is 0 Å². The Hall–Kier alpha value is 0.254. The van der Waals surface area contributed by atoms with Gasteiger partial charge in [-0.2, -0.15) is 5.56 Å². The standard InChI is InChI=1S/C7H8N.Y/c1-6-3-4-7(2)8-5-6;/h3,5H,1-2H3;/q-1;. The van der Waals surface area contributed by atoms with E-state index in [-0.39, 0.29) is 32.7 Å². The van der Waals surface area contributed by atoms with Crippen LogP contribution in [0.3, 0.4) is 0 Å². The predicted molar refractivity (Wildman–Crippen MR) is 32.5 cm³/mol. The van der Waals surface area contributed by atoms with E-state index in [1.54, 1.807) is 0 Å². The van der Waals surface area contributed by atoms with Gasteiger partial charge in [0.05, 0.1) is 0 Å². The van der Waals surface area contributed by atoms with E-state index in [1.807, 2.05) is 26.1 Å². The van der Waals surface area contributed by atoms with E-state index in [0.29, 0.717) is 0 Å². The van der Waals surface area contributed by atoms with Crippen LogP contribution in [0.1, 0.15) is 11.3 Å². The molecule has 1 radical (unpaired) electrons. The van der Waals surface area contributed by atoms with Crippen LogP contribution < -0.4 is 0 Å². The van der Waals surface area contributed by atoms with Gasteiger partial charge in [0.2, 0.25) is 0 Å². The maximum absolute atomic E-state index is 4.02. The van der Waals surface area contributed by atoms with Gasteiger partial charge in [-0.25, -0.2) is 12.1 Å². The van der Waals surface area contributed by atoms with Gasteiger partial charge in [0.1, 0.15) is 0 Å². The van der Waals surface area contributed by atoms with Crippen molar-refractivity contribution in [1.29, 1.82) is 0 Å². The van der Waals surface area contributed by atoms with Crippen LogP contribution in [-0.2, 0) is 32.7 Å². The smallest absolute Gasteiger partial charge is 0 e. The Kier molecular flexibility index (Phi) is 4.25. The predicted octanol–water partition coefficient (Wildman–Crippen LogP) is 1.50.